The van der Waals surface area contributed by atoms with Gasteiger partial charge >= 0.3 is 0 Å². The Morgan fingerprint density at radius 2 is 1.30 bits per heavy atom. The van der Waals surface area contributed by atoms with Gasteiger partial charge in [0, 0.05) is 10.8 Å². The largest absolute Gasteiger partial charge is 0.253 e. The second kappa shape index (κ2) is 4.50. The van der Waals surface area contributed by atoms with Crippen molar-refractivity contribution in [2.24, 2.45) is 0 Å². The Bertz CT molecular complexity index is 1220. The number of benzene rings is 4. The Balaban J connectivity index is 2.15. The van der Waals surface area contributed by atoms with Gasteiger partial charge < -0.3 is 0 Å². The summed E-state index contributed by atoms with van der Waals surface area (Å²) in [6.45, 7) is 0. The summed E-state index contributed by atoms with van der Waals surface area (Å²) in [5, 5.41) is 7.82. The lowest BCUT2D eigenvalue weighted by Crippen LogP contribution is -1.87. The second-order valence-electron chi connectivity index (χ2n) is 5.84. The van der Waals surface area contributed by atoms with Gasteiger partial charge in [0.05, 0.1) is 11.7 Å². The summed E-state index contributed by atoms with van der Waals surface area (Å²) in [5.74, 6) is -0.304. The molecule has 0 saturated heterocycles. The van der Waals surface area contributed by atoms with E-state index in [0.29, 0.717) is 0 Å². The molecule has 23 heavy (non-hydrogen) atoms. The van der Waals surface area contributed by atoms with Crippen LogP contribution in [0.5, 0.6) is 0 Å². The number of rotatable bonds is 0. The van der Waals surface area contributed by atoms with Crippen LogP contribution >= 0.6 is 0 Å². The molecule has 1 aromatic heterocycles. The first-order valence-electron chi connectivity index (χ1n) is 7.60. The first-order valence-corrected chi connectivity index (χ1v) is 7.60. The molecular formula is C21H12FN. The van der Waals surface area contributed by atoms with Crippen LogP contribution in [-0.2, 0) is 0 Å². The molecule has 5 aromatic rings. The summed E-state index contributed by atoms with van der Waals surface area (Å²) in [6, 6.07) is 22.4. The van der Waals surface area contributed by atoms with Gasteiger partial charge in [-0.3, -0.25) is 4.98 Å². The van der Waals surface area contributed by atoms with Crippen LogP contribution in [0.3, 0.4) is 0 Å². The molecule has 1 heterocycles. The van der Waals surface area contributed by atoms with Crippen LogP contribution in [0.15, 0.2) is 72.9 Å². The molecule has 0 aliphatic rings. The van der Waals surface area contributed by atoms with E-state index in [1.165, 1.54) is 27.7 Å². The highest BCUT2D eigenvalue weighted by atomic mass is 19.1. The molecule has 0 atom stereocenters. The summed E-state index contributed by atoms with van der Waals surface area (Å²) in [5.41, 5.74) is 0.853. The molecule has 0 fully saturated rings. The standard InChI is InChI=1S/C21H12FN/c22-17-11-16-10-9-15-8-7-14-6-5-13-3-1-2-4-18(13)19(14)20(15)21(16)23-12-17/h1-12H. The number of fused-ring (bicyclic) bond motifs is 7. The zero-order valence-corrected chi connectivity index (χ0v) is 12.3. The van der Waals surface area contributed by atoms with E-state index in [9.17, 15) is 4.39 Å². The molecule has 0 aliphatic heterocycles. The molecule has 0 unspecified atom stereocenters. The maximum Gasteiger partial charge on any atom is 0.142 e. The SMILES string of the molecule is Fc1cnc2c(ccc3ccc4ccc5ccccc5c4c32)c1. The van der Waals surface area contributed by atoms with Crippen LogP contribution in [0.4, 0.5) is 4.39 Å². The summed E-state index contributed by atoms with van der Waals surface area (Å²) >= 11 is 0. The molecule has 0 spiro atoms. The molecule has 0 bridgehead atoms. The van der Waals surface area contributed by atoms with Crippen LogP contribution in [0.1, 0.15) is 0 Å². The fourth-order valence-corrected chi connectivity index (χ4v) is 3.48. The number of nitrogens with zero attached hydrogens (tertiary/aromatic N) is 1. The number of halogens is 1. The van der Waals surface area contributed by atoms with E-state index in [-0.39, 0.29) is 5.82 Å². The third kappa shape index (κ3) is 1.75. The number of hydrogen-bond acceptors (Lipinski definition) is 1. The Hall–Kier alpha value is -3.00. The average molecular weight is 297 g/mol. The Labute approximate surface area is 132 Å². The van der Waals surface area contributed by atoms with Gasteiger partial charge in [0.2, 0.25) is 0 Å². The van der Waals surface area contributed by atoms with Gasteiger partial charge in [-0.2, -0.15) is 0 Å². The van der Waals surface area contributed by atoms with Crippen LogP contribution in [0.25, 0.3) is 43.2 Å². The van der Waals surface area contributed by atoms with E-state index < -0.39 is 0 Å². The Morgan fingerprint density at radius 3 is 2.13 bits per heavy atom. The highest BCUT2D eigenvalue weighted by Crippen LogP contribution is 2.35. The van der Waals surface area contributed by atoms with Gasteiger partial charge in [0.15, 0.2) is 0 Å². The van der Waals surface area contributed by atoms with E-state index in [1.807, 2.05) is 18.2 Å². The third-order valence-corrected chi connectivity index (χ3v) is 4.51. The summed E-state index contributed by atoms with van der Waals surface area (Å²) in [6.07, 6.45) is 1.30. The predicted octanol–water partition coefficient (Wildman–Crippen LogP) is 5.83. The van der Waals surface area contributed by atoms with Gasteiger partial charge in [0.1, 0.15) is 5.82 Å². The first-order chi connectivity index (χ1) is 11.3. The summed E-state index contributed by atoms with van der Waals surface area (Å²) in [4.78, 5) is 4.39. The smallest absolute Gasteiger partial charge is 0.142 e. The fourth-order valence-electron chi connectivity index (χ4n) is 3.48. The lowest BCUT2D eigenvalue weighted by atomic mass is 9.95. The molecule has 0 N–H and O–H groups in total. The highest BCUT2D eigenvalue weighted by Gasteiger charge is 2.09. The number of hydrogen-bond donors (Lipinski definition) is 0. The molecular weight excluding hydrogens is 285 g/mol. The number of pyridine rings is 1. The highest BCUT2D eigenvalue weighted by molar-refractivity contribution is 6.26. The molecule has 4 aromatic carbocycles. The molecule has 108 valence electrons. The van der Waals surface area contributed by atoms with Crippen molar-refractivity contribution in [1.82, 2.24) is 4.98 Å². The van der Waals surface area contributed by atoms with Gasteiger partial charge in [-0.15, -0.1) is 0 Å². The molecule has 0 aliphatic carbocycles. The maximum atomic E-state index is 13.5. The Kier molecular flexibility index (Phi) is 2.45. The van der Waals surface area contributed by atoms with Gasteiger partial charge in [-0.1, -0.05) is 60.7 Å². The van der Waals surface area contributed by atoms with E-state index in [1.54, 1.807) is 6.07 Å². The Morgan fingerprint density at radius 1 is 0.652 bits per heavy atom. The summed E-state index contributed by atoms with van der Waals surface area (Å²) < 4.78 is 13.5. The van der Waals surface area contributed by atoms with Gasteiger partial charge in [0.25, 0.3) is 0 Å². The van der Waals surface area contributed by atoms with Crippen molar-refractivity contribution in [3.05, 3.63) is 78.7 Å². The quantitative estimate of drug-likeness (QED) is 0.327. The monoisotopic (exact) mass is 297 g/mol. The number of aromatic nitrogens is 1. The van der Waals surface area contributed by atoms with Crippen molar-refractivity contribution in [2.75, 3.05) is 0 Å². The fraction of sp³-hybridized carbons (Fsp3) is 0. The lowest BCUT2D eigenvalue weighted by molar-refractivity contribution is 0.624. The first kappa shape index (κ1) is 12.5. The van der Waals surface area contributed by atoms with Crippen molar-refractivity contribution in [3.63, 3.8) is 0 Å². The zero-order valence-electron chi connectivity index (χ0n) is 12.3. The minimum Gasteiger partial charge on any atom is -0.253 e. The zero-order chi connectivity index (χ0) is 15.4. The predicted molar refractivity (Wildman–Crippen MR) is 94.2 cm³/mol. The van der Waals surface area contributed by atoms with Gasteiger partial charge in [-0.25, -0.2) is 4.39 Å². The lowest BCUT2D eigenvalue weighted by Gasteiger charge is -2.10. The summed E-state index contributed by atoms with van der Waals surface area (Å²) in [7, 11) is 0. The van der Waals surface area contributed by atoms with Crippen molar-refractivity contribution >= 4 is 43.2 Å². The van der Waals surface area contributed by atoms with E-state index in [0.717, 1.165) is 21.7 Å². The van der Waals surface area contributed by atoms with E-state index in [2.05, 4.69) is 47.4 Å². The molecule has 0 radical (unpaired) electrons. The molecule has 1 nitrogen and oxygen atoms in total. The van der Waals surface area contributed by atoms with Crippen molar-refractivity contribution < 1.29 is 4.39 Å². The second-order valence-corrected chi connectivity index (χ2v) is 5.84. The van der Waals surface area contributed by atoms with E-state index >= 15 is 0 Å². The minimum absolute atomic E-state index is 0.304. The maximum absolute atomic E-state index is 13.5. The van der Waals surface area contributed by atoms with Gasteiger partial charge in [-0.05, 0) is 33.0 Å². The van der Waals surface area contributed by atoms with E-state index in [4.69, 9.17) is 0 Å². The molecule has 0 amide bonds. The molecule has 0 saturated carbocycles. The third-order valence-electron chi connectivity index (χ3n) is 4.51. The molecule has 2 heteroatoms. The van der Waals surface area contributed by atoms with Crippen molar-refractivity contribution in [1.29, 1.82) is 0 Å². The van der Waals surface area contributed by atoms with Crippen LogP contribution in [0, 0.1) is 5.82 Å². The van der Waals surface area contributed by atoms with Crippen LogP contribution < -0.4 is 0 Å². The molecule has 5 rings (SSSR count). The van der Waals surface area contributed by atoms with Crippen LogP contribution in [-0.4, -0.2) is 4.98 Å². The average Bonchev–Trinajstić information content (AvgIpc) is 2.60. The van der Waals surface area contributed by atoms with Crippen molar-refractivity contribution in [2.45, 2.75) is 0 Å². The normalized spacial score (nSPS) is 11.7. The van der Waals surface area contributed by atoms with Crippen molar-refractivity contribution in [3.8, 4) is 0 Å². The van der Waals surface area contributed by atoms with Crippen LogP contribution in [0.2, 0.25) is 0 Å². The topological polar surface area (TPSA) is 12.9 Å². The minimum atomic E-state index is -0.304.